The Morgan fingerprint density at radius 1 is 1.35 bits per heavy atom. The van der Waals surface area contributed by atoms with Crippen LogP contribution in [-0.2, 0) is 6.54 Å². The Bertz CT molecular complexity index is 514. The average molecular weight is 310 g/mol. The number of thiophene rings is 1. The normalized spacial score (nSPS) is 13.6. The Morgan fingerprint density at radius 3 is 2.75 bits per heavy atom. The molecule has 2 heterocycles. The van der Waals surface area contributed by atoms with Gasteiger partial charge in [-0.1, -0.05) is 20.8 Å². The fourth-order valence-corrected chi connectivity index (χ4v) is 3.63. The molecule has 110 valence electrons. The second-order valence-corrected chi connectivity index (χ2v) is 7.82. The minimum absolute atomic E-state index is 0.126. The highest BCUT2D eigenvalue weighted by molar-refractivity contribution is 7.14. The molecule has 0 spiro atoms. The van der Waals surface area contributed by atoms with Crippen LogP contribution in [0.25, 0.3) is 10.6 Å². The number of aliphatic hydroxyl groups excluding tert-OH is 1. The maximum absolute atomic E-state index is 9.44. The molecule has 5 heteroatoms. The van der Waals surface area contributed by atoms with Crippen molar-refractivity contribution in [2.45, 2.75) is 39.8 Å². The zero-order chi connectivity index (χ0) is 14.6. The van der Waals surface area contributed by atoms with Crippen LogP contribution in [-0.4, -0.2) is 22.7 Å². The lowest BCUT2D eigenvalue weighted by molar-refractivity contribution is 0.197. The molecule has 0 amide bonds. The van der Waals surface area contributed by atoms with Crippen molar-refractivity contribution in [3.05, 3.63) is 27.9 Å². The van der Waals surface area contributed by atoms with E-state index in [9.17, 15) is 5.11 Å². The summed E-state index contributed by atoms with van der Waals surface area (Å²) in [5.41, 5.74) is 2.45. The van der Waals surface area contributed by atoms with E-state index >= 15 is 0 Å². The summed E-state index contributed by atoms with van der Waals surface area (Å²) < 4.78 is 0. The van der Waals surface area contributed by atoms with E-state index in [1.54, 1.807) is 22.7 Å². The van der Waals surface area contributed by atoms with Crippen molar-refractivity contribution in [3.8, 4) is 10.6 Å². The van der Waals surface area contributed by atoms with E-state index in [-0.39, 0.29) is 18.1 Å². The van der Waals surface area contributed by atoms with Crippen LogP contribution in [0.3, 0.4) is 0 Å². The van der Waals surface area contributed by atoms with E-state index in [4.69, 9.17) is 0 Å². The highest BCUT2D eigenvalue weighted by Crippen LogP contribution is 2.26. The Kier molecular flexibility index (Phi) is 5.32. The van der Waals surface area contributed by atoms with Crippen molar-refractivity contribution in [3.63, 3.8) is 0 Å². The minimum atomic E-state index is 0.126. The number of nitrogens with one attached hydrogen (secondary N) is 1. The van der Waals surface area contributed by atoms with Crippen LogP contribution >= 0.6 is 22.7 Å². The van der Waals surface area contributed by atoms with Crippen LogP contribution in [0.2, 0.25) is 0 Å². The SMILES string of the molecule is CC(C)(C)CC(CO)NCc1csc(-c2ccsc2)n1. The topological polar surface area (TPSA) is 45.1 Å². The summed E-state index contributed by atoms with van der Waals surface area (Å²) in [6, 6.07) is 2.22. The average Bonchev–Trinajstić information content (AvgIpc) is 3.03. The third kappa shape index (κ3) is 4.66. The number of rotatable bonds is 6. The molecule has 1 atom stereocenters. The maximum Gasteiger partial charge on any atom is 0.124 e. The van der Waals surface area contributed by atoms with Gasteiger partial charge >= 0.3 is 0 Å². The minimum Gasteiger partial charge on any atom is -0.395 e. The molecule has 3 nitrogen and oxygen atoms in total. The largest absolute Gasteiger partial charge is 0.395 e. The summed E-state index contributed by atoms with van der Waals surface area (Å²) in [5, 5.41) is 20.2. The molecule has 0 aromatic carbocycles. The highest BCUT2D eigenvalue weighted by Gasteiger charge is 2.18. The van der Waals surface area contributed by atoms with Crippen LogP contribution in [0.15, 0.2) is 22.2 Å². The molecule has 2 rings (SSSR count). The summed E-state index contributed by atoms with van der Waals surface area (Å²) in [7, 11) is 0. The smallest absolute Gasteiger partial charge is 0.124 e. The van der Waals surface area contributed by atoms with Gasteiger partial charge in [0, 0.05) is 28.9 Å². The van der Waals surface area contributed by atoms with Crippen LogP contribution in [0.4, 0.5) is 0 Å². The molecular weight excluding hydrogens is 288 g/mol. The molecule has 0 saturated carbocycles. The summed E-state index contributed by atoms with van der Waals surface area (Å²) in [4.78, 5) is 4.64. The molecule has 1 unspecified atom stereocenters. The molecule has 0 aliphatic heterocycles. The lowest BCUT2D eigenvalue weighted by Crippen LogP contribution is -2.35. The molecule has 20 heavy (non-hydrogen) atoms. The first-order valence-corrected chi connectivity index (χ1v) is 8.61. The van der Waals surface area contributed by atoms with E-state index in [1.165, 1.54) is 5.56 Å². The van der Waals surface area contributed by atoms with Crippen molar-refractivity contribution in [2.24, 2.45) is 5.41 Å². The predicted molar refractivity (Wildman–Crippen MR) is 87.2 cm³/mol. The quantitative estimate of drug-likeness (QED) is 0.854. The molecule has 2 N–H and O–H groups in total. The molecule has 0 aliphatic rings. The van der Waals surface area contributed by atoms with Crippen LogP contribution in [0, 0.1) is 5.41 Å². The van der Waals surface area contributed by atoms with Gasteiger partial charge in [-0.2, -0.15) is 11.3 Å². The van der Waals surface area contributed by atoms with Gasteiger partial charge in [0.25, 0.3) is 0 Å². The first kappa shape index (κ1) is 15.6. The predicted octanol–water partition coefficient (Wildman–Crippen LogP) is 3.76. The molecule has 2 aromatic heterocycles. The van der Waals surface area contributed by atoms with Gasteiger partial charge in [0.1, 0.15) is 5.01 Å². The second-order valence-electron chi connectivity index (χ2n) is 6.18. The zero-order valence-corrected chi connectivity index (χ0v) is 13.9. The van der Waals surface area contributed by atoms with Gasteiger partial charge in [-0.15, -0.1) is 11.3 Å². The molecule has 0 saturated heterocycles. The first-order chi connectivity index (χ1) is 9.48. The van der Waals surface area contributed by atoms with Crippen LogP contribution in [0.1, 0.15) is 32.9 Å². The maximum atomic E-state index is 9.44. The van der Waals surface area contributed by atoms with Gasteiger partial charge in [-0.05, 0) is 23.3 Å². The third-order valence-electron chi connectivity index (χ3n) is 2.97. The van der Waals surface area contributed by atoms with E-state index in [1.807, 2.05) is 0 Å². The number of hydrogen-bond acceptors (Lipinski definition) is 5. The molecule has 0 bridgehead atoms. The Balaban J connectivity index is 1.90. The second kappa shape index (κ2) is 6.80. The summed E-state index contributed by atoms with van der Waals surface area (Å²) in [6.07, 6.45) is 0.949. The Hall–Kier alpha value is -0.750. The summed E-state index contributed by atoms with van der Waals surface area (Å²) >= 11 is 3.36. The first-order valence-electron chi connectivity index (χ1n) is 6.79. The van der Waals surface area contributed by atoms with Crippen molar-refractivity contribution in [1.29, 1.82) is 0 Å². The van der Waals surface area contributed by atoms with Crippen LogP contribution in [0.5, 0.6) is 0 Å². The van der Waals surface area contributed by atoms with Gasteiger partial charge in [0.05, 0.1) is 12.3 Å². The fourth-order valence-electron chi connectivity index (χ4n) is 2.10. The zero-order valence-electron chi connectivity index (χ0n) is 12.2. The lowest BCUT2D eigenvalue weighted by Gasteiger charge is -2.25. The third-order valence-corrected chi connectivity index (χ3v) is 4.59. The van der Waals surface area contributed by atoms with Gasteiger partial charge in [0.2, 0.25) is 0 Å². The van der Waals surface area contributed by atoms with Crippen molar-refractivity contribution < 1.29 is 5.11 Å². The van der Waals surface area contributed by atoms with Gasteiger partial charge in [0.15, 0.2) is 0 Å². The number of aliphatic hydroxyl groups is 1. The van der Waals surface area contributed by atoms with Gasteiger partial charge in [-0.3, -0.25) is 0 Å². The van der Waals surface area contributed by atoms with Crippen molar-refractivity contribution >= 4 is 22.7 Å². The Labute approximate surface area is 128 Å². The van der Waals surface area contributed by atoms with E-state index in [2.05, 4.69) is 53.3 Å². The van der Waals surface area contributed by atoms with E-state index in [0.29, 0.717) is 6.54 Å². The van der Waals surface area contributed by atoms with Gasteiger partial charge in [-0.25, -0.2) is 4.98 Å². The number of hydrogen-bond donors (Lipinski definition) is 2. The van der Waals surface area contributed by atoms with E-state index in [0.717, 1.165) is 17.1 Å². The number of nitrogens with zero attached hydrogens (tertiary/aromatic N) is 1. The van der Waals surface area contributed by atoms with Gasteiger partial charge < -0.3 is 10.4 Å². The monoisotopic (exact) mass is 310 g/mol. The molecular formula is C15H22N2OS2. The standard InChI is InChI=1S/C15H22N2OS2/c1-15(2,3)6-12(8-18)16-7-13-10-20-14(17-13)11-4-5-19-9-11/h4-5,9-10,12,16,18H,6-8H2,1-3H3. The fraction of sp³-hybridized carbons (Fsp3) is 0.533. The molecule has 0 radical (unpaired) electrons. The lowest BCUT2D eigenvalue weighted by atomic mass is 9.88. The number of thiazole rings is 1. The van der Waals surface area contributed by atoms with Crippen molar-refractivity contribution in [2.75, 3.05) is 6.61 Å². The Morgan fingerprint density at radius 2 is 2.15 bits per heavy atom. The van der Waals surface area contributed by atoms with Crippen LogP contribution < -0.4 is 5.32 Å². The van der Waals surface area contributed by atoms with E-state index < -0.39 is 0 Å². The van der Waals surface area contributed by atoms with Crippen molar-refractivity contribution in [1.82, 2.24) is 10.3 Å². The molecule has 0 fully saturated rings. The molecule has 0 aliphatic carbocycles. The molecule has 2 aromatic rings. The number of aromatic nitrogens is 1. The summed E-state index contributed by atoms with van der Waals surface area (Å²) in [6.45, 7) is 7.44. The summed E-state index contributed by atoms with van der Waals surface area (Å²) in [5.74, 6) is 0. The highest BCUT2D eigenvalue weighted by atomic mass is 32.1.